The Morgan fingerprint density at radius 3 is 2.64 bits per heavy atom. The lowest BCUT2D eigenvalue weighted by atomic mass is 9.97. The van der Waals surface area contributed by atoms with Crippen LogP contribution in [0.25, 0.3) is 0 Å². The smallest absolute Gasteiger partial charge is 0.242 e. The van der Waals surface area contributed by atoms with Gasteiger partial charge in [0.1, 0.15) is 6.04 Å². The lowest BCUT2D eigenvalue weighted by Crippen LogP contribution is -2.53. The maximum atomic E-state index is 12.4. The molecule has 0 aromatic heterocycles. The number of nitrogens with zero attached hydrogens (tertiary/aromatic N) is 2. The second-order valence-corrected chi connectivity index (χ2v) is 7.01. The van der Waals surface area contributed by atoms with E-state index in [1.54, 1.807) is 9.80 Å². The van der Waals surface area contributed by atoms with Gasteiger partial charge in [0.05, 0.1) is 12.0 Å². The first-order valence-corrected chi connectivity index (χ1v) is 8.92. The van der Waals surface area contributed by atoms with Crippen molar-refractivity contribution >= 4 is 17.8 Å². The fourth-order valence-corrected chi connectivity index (χ4v) is 3.51. The fourth-order valence-electron chi connectivity index (χ4n) is 3.51. The Labute approximate surface area is 148 Å². The minimum Gasteiger partial charge on any atom is -0.391 e. The topological polar surface area (TPSA) is 149 Å². The summed E-state index contributed by atoms with van der Waals surface area (Å²) in [5.74, 6) is -0.530. The zero-order chi connectivity index (χ0) is 18.6. The number of amides is 2. The number of hydrogen-bond acceptors (Lipinski definition) is 5. The van der Waals surface area contributed by atoms with Gasteiger partial charge in [-0.2, -0.15) is 0 Å². The van der Waals surface area contributed by atoms with Crippen LogP contribution in [0.3, 0.4) is 0 Å². The first-order chi connectivity index (χ1) is 11.8. The SMILES string of the molecule is C[C@H](O)[C@H](N)C(=O)N1CCC[C@H]1CNC(=O)[C@H]1CCCN(C(=N)N)C1. The van der Waals surface area contributed by atoms with E-state index in [0.717, 1.165) is 25.7 Å². The Balaban J connectivity index is 1.86. The number of piperidine rings is 1. The summed E-state index contributed by atoms with van der Waals surface area (Å²) in [7, 11) is 0. The van der Waals surface area contributed by atoms with Crippen molar-refractivity contribution in [3.63, 3.8) is 0 Å². The van der Waals surface area contributed by atoms with Crippen molar-refractivity contribution in [2.45, 2.75) is 50.8 Å². The van der Waals surface area contributed by atoms with E-state index < -0.39 is 12.1 Å². The molecule has 9 heteroatoms. The van der Waals surface area contributed by atoms with Gasteiger partial charge in [-0.15, -0.1) is 0 Å². The van der Waals surface area contributed by atoms with Crippen LogP contribution >= 0.6 is 0 Å². The van der Waals surface area contributed by atoms with E-state index in [0.29, 0.717) is 26.2 Å². The van der Waals surface area contributed by atoms with Gasteiger partial charge in [0.25, 0.3) is 0 Å². The van der Waals surface area contributed by atoms with Crippen LogP contribution in [0.1, 0.15) is 32.6 Å². The summed E-state index contributed by atoms with van der Waals surface area (Å²) >= 11 is 0. The molecule has 2 rings (SSSR count). The highest BCUT2D eigenvalue weighted by Crippen LogP contribution is 2.19. The van der Waals surface area contributed by atoms with Gasteiger partial charge in [0.2, 0.25) is 11.8 Å². The zero-order valence-electron chi connectivity index (χ0n) is 14.8. The van der Waals surface area contributed by atoms with Crippen molar-refractivity contribution in [2.24, 2.45) is 17.4 Å². The van der Waals surface area contributed by atoms with Crippen LogP contribution in [0, 0.1) is 11.3 Å². The predicted molar refractivity (Wildman–Crippen MR) is 93.6 cm³/mol. The number of likely N-dealkylation sites (tertiary alicyclic amines) is 2. The Morgan fingerprint density at radius 1 is 1.32 bits per heavy atom. The number of carbonyl (C=O) groups is 2. The summed E-state index contributed by atoms with van der Waals surface area (Å²) in [4.78, 5) is 28.1. The number of hydrogen-bond donors (Lipinski definition) is 5. The molecular weight excluding hydrogens is 324 g/mol. The second kappa shape index (κ2) is 8.48. The quantitative estimate of drug-likeness (QED) is 0.297. The van der Waals surface area contributed by atoms with Crippen LogP contribution in [-0.4, -0.2) is 77.0 Å². The van der Waals surface area contributed by atoms with E-state index in [1.807, 2.05) is 0 Å². The fraction of sp³-hybridized carbons (Fsp3) is 0.812. The molecule has 2 aliphatic rings. The molecule has 0 aromatic rings. The molecule has 2 saturated heterocycles. The van der Waals surface area contributed by atoms with Crippen molar-refractivity contribution in [3.8, 4) is 0 Å². The van der Waals surface area contributed by atoms with Gasteiger partial charge in [-0.1, -0.05) is 0 Å². The predicted octanol–water partition coefficient (Wildman–Crippen LogP) is -1.59. The molecule has 7 N–H and O–H groups in total. The minimum absolute atomic E-state index is 0.00262. The summed E-state index contributed by atoms with van der Waals surface area (Å²) in [6, 6.07) is -1.02. The number of guanidine groups is 1. The van der Waals surface area contributed by atoms with Crippen molar-refractivity contribution in [2.75, 3.05) is 26.2 Å². The molecule has 4 atom stereocenters. The number of carbonyl (C=O) groups excluding carboxylic acids is 2. The van der Waals surface area contributed by atoms with E-state index >= 15 is 0 Å². The molecule has 0 aliphatic carbocycles. The Kier molecular flexibility index (Phi) is 6.60. The van der Waals surface area contributed by atoms with Crippen molar-refractivity contribution in [1.82, 2.24) is 15.1 Å². The molecule has 0 bridgehead atoms. The van der Waals surface area contributed by atoms with Gasteiger partial charge in [-0.25, -0.2) is 0 Å². The molecule has 25 heavy (non-hydrogen) atoms. The second-order valence-electron chi connectivity index (χ2n) is 7.01. The van der Waals surface area contributed by atoms with E-state index in [2.05, 4.69) is 5.32 Å². The number of aliphatic hydroxyl groups is 1. The highest BCUT2D eigenvalue weighted by atomic mass is 16.3. The van der Waals surface area contributed by atoms with Gasteiger partial charge in [0, 0.05) is 32.2 Å². The summed E-state index contributed by atoms with van der Waals surface area (Å²) in [6.07, 6.45) is 2.37. The van der Waals surface area contributed by atoms with Gasteiger partial charge in [-0.05, 0) is 32.6 Å². The van der Waals surface area contributed by atoms with Gasteiger partial charge >= 0.3 is 0 Å². The lowest BCUT2D eigenvalue weighted by Gasteiger charge is -2.33. The molecule has 2 fully saturated rings. The number of rotatable bonds is 5. The van der Waals surface area contributed by atoms with E-state index in [-0.39, 0.29) is 29.7 Å². The monoisotopic (exact) mass is 354 g/mol. The highest BCUT2D eigenvalue weighted by Gasteiger charge is 2.34. The number of nitrogens with one attached hydrogen (secondary N) is 2. The van der Waals surface area contributed by atoms with Crippen molar-refractivity contribution in [3.05, 3.63) is 0 Å². The molecule has 2 heterocycles. The third-order valence-corrected chi connectivity index (χ3v) is 5.11. The number of nitrogens with two attached hydrogens (primary N) is 2. The minimum atomic E-state index is -0.932. The molecule has 0 unspecified atom stereocenters. The maximum Gasteiger partial charge on any atom is 0.242 e. The van der Waals surface area contributed by atoms with Gasteiger partial charge in [-0.3, -0.25) is 15.0 Å². The summed E-state index contributed by atoms with van der Waals surface area (Å²) in [6.45, 7) is 3.65. The van der Waals surface area contributed by atoms with Crippen LogP contribution in [0.4, 0.5) is 0 Å². The van der Waals surface area contributed by atoms with E-state index in [4.69, 9.17) is 16.9 Å². The first-order valence-electron chi connectivity index (χ1n) is 8.92. The van der Waals surface area contributed by atoms with Crippen LogP contribution in [0.15, 0.2) is 0 Å². The maximum absolute atomic E-state index is 12.4. The Hall–Kier alpha value is -1.87. The van der Waals surface area contributed by atoms with Crippen LogP contribution < -0.4 is 16.8 Å². The molecule has 0 saturated carbocycles. The Morgan fingerprint density at radius 2 is 2.00 bits per heavy atom. The molecule has 0 radical (unpaired) electrons. The molecular formula is C16H30N6O3. The van der Waals surface area contributed by atoms with E-state index in [1.165, 1.54) is 6.92 Å². The third kappa shape index (κ3) is 4.82. The van der Waals surface area contributed by atoms with Gasteiger partial charge in [0.15, 0.2) is 5.96 Å². The third-order valence-electron chi connectivity index (χ3n) is 5.11. The summed E-state index contributed by atoms with van der Waals surface area (Å²) in [5, 5.41) is 20.0. The molecule has 0 spiro atoms. The van der Waals surface area contributed by atoms with Crippen molar-refractivity contribution < 1.29 is 14.7 Å². The average Bonchev–Trinajstić information content (AvgIpc) is 3.06. The molecule has 9 nitrogen and oxygen atoms in total. The first kappa shape index (κ1) is 19.5. The molecule has 2 amide bonds. The zero-order valence-corrected chi connectivity index (χ0v) is 14.8. The summed E-state index contributed by atoms with van der Waals surface area (Å²) < 4.78 is 0. The normalized spacial score (nSPS) is 26.2. The number of aliphatic hydroxyl groups excluding tert-OH is 1. The lowest BCUT2D eigenvalue weighted by molar-refractivity contribution is -0.136. The van der Waals surface area contributed by atoms with Crippen LogP contribution in [-0.2, 0) is 9.59 Å². The average molecular weight is 354 g/mol. The standard InChI is InChI=1S/C16H30N6O3/c1-10(23)13(17)15(25)22-7-3-5-12(22)8-20-14(24)11-4-2-6-21(9-11)16(18)19/h10-13,23H,2-9,17H2,1H3,(H3,18,19)(H,20,24)/t10-,11-,12-,13-/m0/s1. The van der Waals surface area contributed by atoms with E-state index in [9.17, 15) is 14.7 Å². The van der Waals surface area contributed by atoms with Gasteiger partial charge < -0.3 is 31.7 Å². The highest BCUT2D eigenvalue weighted by molar-refractivity contribution is 5.83. The largest absolute Gasteiger partial charge is 0.391 e. The Bertz CT molecular complexity index is 512. The molecule has 0 aromatic carbocycles. The molecule has 2 aliphatic heterocycles. The molecule has 142 valence electrons. The van der Waals surface area contributed by atoms with Crippen molar-refractivity contribution in [1.29, 1.82) is 5.41 Å². The van der Waals surface area contributed by atoms with Crippen LogP contribution in [0.2, 0.25) is 0 Å². The summed E-state index contributed by atoms with van der Waals surface area (Å²) in [5.41, 5.74) is 11.3. The van der Waals surface area contributed by atoms with Crippen LogP contribution in [0.5, 0.6) is 0 Å².